The van der Waals surface area contributed by atoms with E-state index in [0.717, 1.165) is 48.4 Å². The average Bonchev–Trinajstić information content (AvgIpc) is 2.90. The molecule has 0 amide bonds. The number of hydrogen-bond acceptors (Lipinski definition) is 6. The second-order valence-electron chi connectivity index (χ2n) is 9.26. The van der Waals surface area contributed by atoms with Gasteiger partial charge in [-0.1, -0.05) is 18.2 Å². The van der Waals surface area contributed by atoms with Crippen LogP contribution in [-0.4, -0.2) is 45.9 Å². The Bertz CT molecular complexity index is 1410. The number of aromatic nitrogens is 4. The van der Waals surface area contributed by atoms with Gasteiger partial charge in [-0.05, 0) is 80.4 Å². The van der Waals surface area contributed by atoms with Crippen molar-refractivity contribution in [2.24, 2.45) is 0 Å². The molecule has 1 fully saturated rings. The topological polar surface area (TPSA) is 75.9 Å². The molecule has 0 aliphatic carbocycles. The van der Waals surface area contributed by atoms with E-state index in [-0.39, 0.29) is 17.9 Å². The van der Waals surface area contributed by atoms with Crippen molar-refractivity contribution in [1.82, 2.24) is 25.1 Å². The SMILES string of the molecule is Cc1cc(F)cc(-c2ccc(=O)n(Cc3cccc(-c4nccc(N(C)C5CCNCC5)n4)c3)n2)c1. The molecule has 3 heterocycles. The molecule has 0 unspecified atom stereocenters. The molecule has 1 saturated heterocycles. The predicted molar refractivity (Wildman–Crippen MR) is 139 cm³/mol. The van der Waals surface area contributed by atoms with E-state index in [1.54, 1.807) is 12.3 Å². The number of halogens is 1. The molecule has 1 aliphatic rings. The zero-order valence-electron chi connectivity index (χ0n) is 20.5. The average molecular weight is 485 g/mol. The molecule has 184 valence electrons. The van der Waals surface area contributed by atoms with Crippen LogP contribution in [0, 0.1) is 12.7 Å². The number of anilines is 1. The van der Waals surface area contributed by atoms with Crippen LogP contribution in [0.2, 0.25) is 0 Å². The fraction of sp³-hybridized carbons (Fsp3) is 0.286. The third-order valence-electron chi connectivity index (χ3n) is 6.58. The van der Waals surface area contributed by atoms with Gasteiger partial charge in [0.15, 0.2) is 5.82 Å². The minimum absolute atomic E-state index is 0.223. The zero-order chi connectivity index (χ0) is 25.1. The first-order valence-electron chi connectivity index (χ1n) is 12.2. The lowest BCUT2D eigenvalue weighted by molar-refractivity contribution is 0.441. The first-order chi connectivity index (χ1) is 17.5. The predicted octanol–water partition coefficient (Wildman–Crippen LogP) is 4.05. The highest BCUT2D eigenvalue weighted by Gasteiger charge is 2.19. The van der Waals surface area contributed by atoms with Gasteiger partial charge in [0.2, 0.25) is 0 Å². The lowest BCUT2D eigenvalue weighted by Crippen LogP contribution is -2.41. The summed E-state index contributed by atoms with van der Waals surface area (Å²) in [7, 11) is 2.09. The molecule has 1 aliphatic heterocycles. The Balaban J connectivity index is 1.40. The molecular weight excluding hydrogens is 455 g/mol. The first kappa shape index (κ1) is 23.8. The summed E-state index contributed by atoms with van der Waals surface area (Å²) in [6, 6.07) is 18.1. The third-order valence-corrected chi connectivity index (χ3v) is 6.58. The highest BCUT2D eigenvalue weighted by atomic mass is 19.1. The normalized spacial score (nSPS) is 14.1. The monoisotopic (exact) mass is 484 g/mol. The summed E-state index contributed by atoms with van der Waals surface area (Å²) < 4.78 is 15.3. The van der Waals surface area contributed by atoms with Crippen LogP contribution in [0.15, 0.2) is 71.7 Å². The van der Waals surface area contributed by atoms with Gasteiger partial charge in [-0.15, -0.1) is 0 Å². The van der Waals surface area contributed by atoms with Gasteiger partial charge < -0.3 is 10.2 Å². The molecule has 2 aromatic carbocycles. The van der Waals surface area contributed by atoms with Gasteiger partial charge in [0.1, 0.15) is 11.6 Å². The number of rotatable bonds is 6. The van der Waals surface area contributed by atoms with Crippen molar-refractivity contribution in [3.05, 3.63) is 94.2 Å². The maximum absolute atomic E-state index is 13.9. The Morgan fingerprint density at radius 2 is 1.89 bits per heavy atom. The molecule has 8 heteroatoms. The van der Waals surface area contributed by atoms with Gasteiger partial charge in [0.05, 0.1) is 12.2 Å². The molecular formula is C28H29FN6O. The van der Waals surface area contributed by atoms with E-state index in [1.165, 1.54) is 22.9 Å². The maximum atomic E-state index is 13.9. The van der Waals surface area contributed by atoms with Gasteiger partial charge in [-0.25, -0.2) is 19.0 Å². The van der Waals surface area contributed by atoms with Crippen LogP contribution < -0.4 is 15.8 Å². The summed E-state index contributed by atoms with van der Waals surface area (Å²) in [5, 5.41) is 7.91. The van der Waals surface area contributed by atoms with Gasteiger partial charge in [0.25, 0.3) is 5.56 Å². The Morgan fingerprint density at radius 3 is 2.69 bits per heavy atom. The lowest BCUT2D eigenvalue weighted by atomic mass is 10.1. The molecule has 5 rings (SSSR count). The number of benzene rings is 2. The molecule has 7 nitrogen and oxygen atoms in total. The van der Waals surface area contributed by atoms with Crippen LogP contribution in [0.4, 0.5) is 10.2 Å². The van der Waals surface area contributed by atoms with Crippen LogP contribution in [-0.2, 0) is 6.54 Å². The molecule has 1 N–H and O–H groups in total. The molecule has 36 heavy (non-hydrogen) atoms. The third kappa shape index (κ3) is 5.33. The largest absolute Gasteiger partial charge is 0.356 e. The molecule has 0 spiro atoms. The lowest BCUT2D eigenvalue weighted by Gasteiger charge is -2.32. The molecule has 0 radical (unpaired) electrons. The number of nitrogens with one attached hydrogen (secondary N) is 1. The minimum atomic E-state index is -0.328. The number of piperidine rings is 1. The van der Waals surface area contributed by atoms with Crippen molar-refractivity contribution in [3.63, 3.8) is 0 Å². The molecule has 2 aromatic heterocycles. The fourth-order valence-corrected chi connectivity index (χ4v) is 4.65. The van der Waals surface area contributed by atoms with Gasteiger partial charge in [-0.2, -0.15) is 5.10 Å². The highest BCUT2D eigenvalue weighted by Crippen LogP contribution is 2.23. The van der Waals surface area contributed by atoms with E-state index < -0.39 is 0 Å². The molecule has 0 saturated carbocycles. The van der Waals surface area contributed by atoms with Crippen molar-refractivity contribution in [2.75, 3.05) is 25.0 Å². The van der Waals surface area contributed by atoms with Crippen molar-refractivity contribution >= 4 is 5.82 Å². The minimum Gasteiger partial charge on any atom is -0.356 e. The van der Waals surface area contributed by atoms with Crippen molar-refractivity contribution < 1.29 is 4.39 Å². The summed E-state index contributed by atoms with van der Waals surface area (Å²) >= 11 is 0. The Labute approximate surface area is 209 Å². The van der Waals surface area contributed by atoms with E-state index in [0.29, 0.717) is 23.1 Å². The Hall–Kier alpha value is -3.91. The highest BCUT2D eigenvalue weighted by molar-refractivity contribution is 5.60. The fourth-order valence-electron chi connectivity index (χ4n) is 4.65. The van der Waals surface area contributed by atoms with E-state index in [2.05, 4.69) is 27.3 Å². The second kappa shape index (κ2) is 10.4. The summed E-state index contributed by atoms with van der Waals surface area (Å²) in [5.41, 5.74) is 3.53. The Morgan fingerprint density at radius 1 is 1.06 bits per heavy atom. The quantitative estimate of drug-likeness (QED) is 0.445. The van der Waals surface area contributed by atoms with E-state index in [4.69, 9.17) is 4.98 Å². The van der Waals surface area contributed by atoms with Crippen LogP contribution in [0.1, 0.15) is 24.0 Å². The van der Waals surface area contributed by atoms with Crippen LogP contribution in [0.25, 0.3) is 22.6 Å². The van der Waals surface area contributed by atoms with Gasteiger partial charge >= 0.3 is 0 Å². The standard InChI is InChI=1S/C28H29FN6O/c1-19-14-22(17-23(29)15-19)25-6-7-27(36)35(33-25)18-20-4-3-5-21(16-20)28-31-13-10-26(32-28)34(2)24-8-11-30-12-9-24/h3-7,10,13-17,24,30H,8-9,11-12,18H2,1-2H3. The summed E-state index contributed by atoms with van der Waals surface area (Å²) in [6.07, 6.45) is 3.96. The van der Waals surface area contributed by atoms with Crippen LogP contribution in [0.5, 0.6) is 0 Å². The van der Waals surface area contributed by atoms with Crippen LogP contribution in [0.3, 0.4) is 0 Å². The molecule has 0 atom stereocenters. The first-order valence-corrected chi connectivity index (χ1v) is 12.2. The maximum Gasteiger partial charge on any atom is 0.267 e. The van der Waals surface area contributed by atoms with E-state index in [1.807, 2.05) is 43.3 Å². The number of nitrogens with zero attached hydrogens (tertiary/aromatic N) is 5. The second-order valence-corrected chi connectivity index (χ2v) is 9.26. The summed E-state index contributed by atoms with van der Waals surface area (Å²) in [5.74, 6) is 1.21. The van der Waals surface area contributed by atoms with E-state index in [9.17, 15) is 9.18 Å². The Kier molecular flexibility index (Phi) is 6.86. The van der Waals surface area contributed by atoms with Crippen molar-refractivity contribution in [1.29, 1.82) is 0 Å². The summed E-state index contributed by atoms with van der Waals surface area (Å²) in [6.45, 7) is 4.14. The molecule has 0 bridgehead atoms. The number of aryl methyl sites for hydroxylation is 1. The van der Waals surface area contributed by atoms with Gasteiger partial charge in [-0.3, -0.25) is 4.79 Å². The van der Waals surface area contributed by atoms with Crippen molar-refractivity contribution in [3.8, 4) is 22.6 Å². The zero-order valence-corrected chi connectivity index (χ0v) is 20.5. The van der Waals surface area contributed by atoms with E-state index >= 15 is 0 Å². The molecule has 4 aromatic rings. The summed E-state index contributed by atoms with van der Waals surface area (Å²) in [4.78, 5) is 24.1. The van der Waals surface area contributed by atoms with Crippen LogP contribution >= 0.6 is 0 Å². The smallest absolute Gasteiger partial charge is 0.267 e. The van der Waals surface area contributed by atoms with Gasteiger partial charge in [0, 0.05) is 36.5 Å². The van der Waals surface area contributed by atoms with Crippen molar-refractivity contribution in [2.45, 2.75) is 32.4 Å². The number of hydrogen-bond donors (Lipinski definition) is 1.